The van der Waals surface area contributed by atoms with Crippen LogP contribution >= 0.6 is 0 Å². The minimum atomic E-state index is -0.245. The van der Waals surface area contributed by atoms with Gasteiger partial charge in [-0.2, -0.15) is 0 Å². The van der Waals surface area contributed by atoms with Crippen LogP contribution in [0.4, 0.5) is 10.1 Å². The largest absolute Gasteiger partial charge is 0.371 e. The molecule has 1 unspecified atom stereocenters. The minimum absolute atomic E-state index is 0.131. The number of rotatable bonds is 3. The van der Waals surface area contributed by atoms with Crippen molar-refractivity contribution >= 4 is 5.69 Å². The van der Waals surface area contributed by atoms with Crippen LogP contribution < -0.4 is 10.6 Å². The Hall–Kier alpha value is -1.09. The monoisotopic (exact) mass is 222 g/mol. The summed E-state index contributed by atoms with van der Waals surface area (Å²) in [5, 5.41) is 0. The minimum Gasteiger partial charge on any atom is -0.371 e. The number of alkyl halides is 1. The molecule has 2 N–H and O–H groups in total. The maximum Gasteiger partial charge on any atom is 0.0911 e. The Kier molecular flexibility index (Phi) is 3.78. The van der Waals surface area contributed by atoms with E-state index >= 15 is 0 Å². The zero-order valence-corrected chi connectivity index (χ0v) is 9.53. The van der Waals surface area contributed by atoms with Crippen molar-refractivity contribution in [3.8, 4) is 0 Å². The molecule has 1 aromatic rings. The highest BCUT2D eigenvalue weighted by atomic mass is 19.1. The Balaban J connectivity index is 2.24. The smallest absolute Gasteiger partial charge is 0.0911 e. The zero-order valence-electron chi connectivity index (χ0n) is 9.53. The van der Waals surface area contributed by atoms with Gasteiger partial charge in [-0.3, -0.25) is 4.39 Å². The number of anilines is 1. The van der Waals surface area contributed by atoms with Gasteiger partial charge in [0.25, 0.3) is 0 Å². The highest BCUT2D eigenvalue weighted by Crippen LogP contribution is 2.31. The summed E-state index contributed by atoms with van der Waals surface area (Å²) < 4.78 is 12.3. The average molecular weight is 222 g/mol. The molecule has 3 heteroatoms. The fourth-order valence-corrected chi connectivity index (χ4v) is 2.35. The quantitative estimate of drug-likeness (QED) is 0.852. The first-order chi connectivity index (χ1) is 7.83. The first-order valence-electron chi connectivity index (χ1n) is 5.98. The van der Waals surface area contributed by atoms with Crippen molar-refractivity contribution in [2.24, 2.45) is 5.73 Å². The predicted molar refractivity (Wildman–Crippen MR) is 65.4 cm³/mol. The van der Waals surface area contributed by atoms with E-state index in [-0.39, 0.29) is 12.7 Å². The molecule has 2 nitrogen and oxygen atoms in total. The molecule has 0 radical (unpaired) electrons. The number of hydrogen-bond donors (Lipinski definition) is 1. The lowest BCUT2D eigenvalue weighted by atomic mass is 10.0. The van der Waals surface area contributed by atoms with Crippen LogP contribution in [0.3, 0.4) is 0 Å². The number of halogens is 1. The molecule has 0 fully saturated rings. The van der Waals surface area contributed by atoms with Crippen molar-refractivity contribution in [1.82, 2.24) is 0 Å². The van der Waals surface area contributed by atoms with Crippen LogP contribution in [-0.2, 0) is 0 Å². The third-order valence-corrected chi connectivity index (χ3v) is 3.18. The number of benzene rings is 1. The SMILES string of the molecule is NC1CCCN(CCCF)c2ccccc21. The van der Waals surface area contributed by atoms with Gasteiger partial charge in [0.05, 0.1) is 6.67 Å². The second kappa shape index (κ2) is 5.30. The second-order valence-electron chi connectivity index (χ2n) is 4.34. The van der Waals surface area contributed by atoms with E-state index in [1.165, 1.54) is 11.3 Å². The normalized spacial score (nSPS) is 20.4. The molecule has 1 aliphatic rings. The number of nitrogens with two attached hydrogens (primary N) is 1. The third-order valence-electron chi connectivity index (χ3n) is 3.18. The van der Waals surface area contributed by atoms with Crippen molar-refractivity contribution < 1.29 is 4.39 Å². The van der Waals surface area contributed by atoms with E-state index in [2.05, 4.69) is 17.0 Å². The zero-order chi connectivity index (χ0) is 11.4. The molecule has 1 aromatic carbocycles. The van der Waals surface area contributed by atoms with Crippen LogP contribution in [0.2, 0.25) is 0 Å². The fraction of sp³-hybridized carbons (Fsp3) is 0.538. The lowest BCUT2D eigenvalue weighted by Crippen LogP contribution is -2.25. The van der Waals surface area contributed by atoms with Gasteiger partial charge in [-0.15, -0.1) is 0 Å². The number of fused-ring (bicyclic) bond motifs is 1. The van der Waals surface area contributed by atoms with Gasteiger partial charge in [-0.1, -0.05) is 18.2 Å². The third kappa shape index (κ3) is 2.35. The summed E-state index contributed by atoms with van der Waals surface area (Å²) in [6, 6.07) is 8.37. The van der Waals surface area contributed by atoms with E-state index in [4.69, 9.17) is 5.73 Å². The molecule has 1 heterocycles. The second-order valence-corrected chi connectivity index (χ2v) is 4.34. The molecule has 2 rings (SSSR count). The fourth-order valence-electron chi connectivity index (χ4n) is 2.35. The van der Waals surface area contributed by atoms with Crippen molar-refractivity contribution in [2.45, 2.75) is 25.3 Å². The highest BCUT2D eigenvalue weighted by molar-refractivity contribution is 5.55. The van der Waals surface area contributed by atoms with E-state index in [1.54, 1.807) is 0 Å². The van der Waals surface area contributed by atoms with Gasteiger partial charge in [-0.05, 0) is 30.9 Å². The van der Waals surface area contributed by atoms with E-state index in [0.29, 0.717) is 6.42 Å². The first kappa shape index (κ1) is 11.4. The molecule has 1 aliphatic heterocycles. The molecule has 1 atom stereocenters. The summed E-state index contributed by atoms with van der Waals surface area (Å²) in [7, 11) is 0. The average Bonchev–Trinajstić information content (AvgIpc) is 2.47. The summed E-state index contributed by atoms with van der Waals surface area (Å²) in [5.41, 5.74) is 8.54. The van der Waals surface area contributed by atoms with Crippen LogP contribution in [0, 0.1) is 0 Å². The number of para-hydroxylation sites is 1. The summed E-state index contributed by atoms with van der Waals surface area (Å²) in [6.45, 7) is 1.54. The summed E-state index contributed by atoms with van der Waals surface area (Å²) >= 11 is 0. The molecular formula is C13H19FN2. The van der Waals surface area contributed by atoms with E-state index < -0.39 is 0 Å². The molecule has 0 saturated carbocycles. The Morgan fingerprint density at radius 3 is 3.00 bits per heavy atom. The van der Waals surface area contributed by atoms with Crippen molar-refractivity contribution in [3.63, 3.8) is 0 Å². The van der Waals surface area contributed by atoms with Crippen LogP contribution in [0.5, 0.6) is 0 Å². The van der Waals surface area contributed by atoms with Crippen LogP contribution in [0.25, 0.3) is 0 Å². The Labute approximate surface area is 96.2 Å². The van der Waals surface area contributed by atoms with Crippen LogP contribution in [0.1, 0.15) is 30.9 Å². The number of nitrogens with zero attached hydrogens (tertiary/aromatic N) is 1. The van der Waals surface area contributed by atoms with Gasteiger partial charge in [0.15, 0.2) is 0 Å². The van der Waals surface area contributed by atoms with Crippen molar-refractivity contribution in [3.05, 3.63) is 29.8 Å². The molecule has 16 heavy (non-hydrogen) atoms. The van der Waals surface area contributed by atoms with Gasteiger partial charge in [0, 0.05) is 24.8 Å². The van der Waals surface area contributed by atoms with E-state index in [1.807, 2.05) is 12.1 Å². The lowest BCUT2D eigenvalue weighted by Gasteiger charge is -2.24. The summed E-state index contributed by atoms with van der Waals surface area (Å²) in [5.74, 6) is 0. The van der Waals surface area contributed by atoms with E-state index in [9.17, 15) is 4.39 Å². The summed E-state index contributed by atoms with van der Waals surface area (Å²) in [4.78, 5) is 2.27. The summed E-state index contributed by atoms with van der Waals surface area (Å²) in [6.07, 6.45) is 2.70. The molecular weight excluding hydrogens is 203 g/mol. The maximum atomic E-state index is 12.3. The van der Waals surface area contributed by atoms with E-state index in [0.717, 1.165) is 25.9 Å². The maximum absolute atomic E-state index is 12.3. The topological polar surface area (TPSA) is 29.3 Å². The Morgan fingerprint density at radius 2 is 2.19 bits per heavy atom. The Bertz CT molecular complexity index is 340. The van der Waals surface area contributed by atoms with Gasteiger partial charge < -0.3 is 10.6 Å². The van der Waals surface area contributed by atoms with Crippen LogP contribution in [-0.4, -0.2) is 19.8 Å². The Morgan fingerprint density at radius 1 is 1.38 bits per heavy atom. The van der Waals surface area contributed by atoms with Gasteiger partial charge in [0.1, 0.15) is 0 Å². The standard InChI is InChI=1S/C13H19FN2/c14-8-4-10-16-9-3-6-12(15)11-5-1-2-7-13(11)16/h1-2,5,7,12H,3-4,6,8-10,15H2. The van der Waals surface area contributed by atoms with Gasteiger partial charge in [-0.25, -0.2) is 0 Å². The molecule has 0 amide bonds. The number of hydrogen-bond acceptors (Lipinski definition) is 2. The molecule has 0 aromatic heterocycles. The first-order valence-corrected chi connectivity index (χ1v) is 5.98. The van der Waals surface area contributed by atoms with Crippen LogP contribution in [0.15, 0.2) is 24.3 Å². The molecule has 0 saturated heterocycles. The van der Waals surface area contributed by atoms with Crippen molar-refractivity contribution in [1.29, 1.82) is 0 Å². The van der Waals surface area contributed by atoms with Crippen molar-refractivity contribution in [2.75, 3.05) is 24.7 Å². The molecule has 88 valence electrons. The van der Waals surface area contributed by atoms with Gasteiger partial charge in [0.2, 0.25) is 0 Å². The molecule has 0 bridgehead atoms. The van der Waals surface area contributed by atoms with Gasteiger partial charge >= 0.3 is 0 Å². The molecule has 0 spiro atoms. The highest BCUT2D eigenvalue weighted by Gasteiger charge is 2.19. The predicted octanol–water partition coefficient (Wildman–Crippen LogP) is 2.65. The molecule has 0 aliphatic carbocycles. The lowest BCUT2D eigenvalue weighted by molar-refractivity contribution is 0.470.